The number of halogens is 1. The summed E-state index contributed by atoms with van der Waals surface area (Å²) in [5.41, 5.74) is 4.96. The Labute approximate surface area is 156 Å². The van der Waals surface area contributed by atoms with Gasteiger partial charge in [0, 0.05) is 29.9 Å². The van der Waals surface area contributed by atoms with Gasteiger partial charge in [0.2, 0.25) is 0 Å². The van der Waals surface area contributed by atoms with Crippen molar-refractivity contribution in [3.05, 3.63) is 66.9 Å². The van der Waals surface area contributed by atoms with Gasteiger partial charge in [-0.2, -0.15) is 0 Å². The molecule has 0 amide bonds. The first-order valence-electron chi connectivity index (χ1n) is 8.72. The molecule has 0 atom stereocenters. The highest BCUT2D eigenvalue weighted by Crippen LogP contribution is 2.40. The minimum Gasteiger partial charge on any atom is -0.490 e. The molecule has 0 spiro atoms. The number of fused-ring (bicyclic) bond motifs is 1. The Bertz CT molecular complexity index is 1060. The van der Waals surface area contributed by atoms with Crippen LogP contribution in [0.2, 0.25) is 0 Å². The zero-order valence-corrected chi connectivity index (χ0v) is 14.9. The summed E-state index contributed by atoms with van der Waals surface area (Å²) in [6, 6.07) is 13.3. The molecule has 0 saturated heterocycles. The van der Waals surface area contributed by atoms with Crippen molar-refractivity contribution in [2.24, 2.45) is 0 Å². The molecule has 6 heteroatoms. The highest BCUT2D eigenvalue weighted by atomic mass is 19.1. The molecule has 5 nitrogen and oxygen atoms in total. The van der Waals surface area contributed by atoms with E-state index in [0.717, 1.165) is 34.4 Å². The fraction of sp³-hybridized carbons (Fsp3) is 0.143. The second-order valence-corrected chi connectivity index (χ2v) is 6.11. The van der Waals surface area contributed by atoms with Gasteiger partial charge in [0.15, 0.2) is 0 Å². The Kier molecular flexibility index (Phi) is 4.80. The quantitative estimate of drug-likeness (QED) is 0.509. The van der Waals surface area contributed by atoms with E-state index in [1.165, 1.54) is 12.3 Å². The molecule has 0 radical (unpaired) electrons. The summed E-state index contributed by atoms with van der Waals surface area (Å²) < 4.78 is 19.6. The third-order valence-corrected chi connectivity index (χ3v) is 4.33. The van der Waals surface area contributed by atoms with Crippen LogP contribution in [0.15, 0.2) is 61.1 Å². The second-order valence-electron chi connectivity index (χ2n) is 6.11. The van der Waals surface area contributed by atoms with Crippen LogP contribution >= 0.6 is 0 Å². The number of likely N-dealkylation sites (N-methyl/N-ethyl adjacent to an activating group) is 1. The van der Waals surface area contributed by atoms with Gasteiger partial charge < -0.3 is 15.0 Å². The fourth-order valence-electron chi connectivity index (χ4n) is 3.10. The van der Waals surface area contributed by atoms with E-state index in [4.69, 9.17) is 4.74 Å². The van der Waals surface area contributed by atoms with E-state index >= 15 is 0 Å². The first-order chi connectivity index (χ1) is 13.3. The Morgan fingerprint density at radius 3 is 2.81 bits per heavy atom. The summed E-state index contributed by atoms with van der Waals surface area (Å²) in [5, 5.41) is 3.06. The molecule has 0 unspecified atom stereocenters. The van der Waals surface area contributed by atoms with Crippen molar-refractivity contribution in [1.29, 1.82) is 0 Å². The largest absolute Gasteiger partial charge is 0.490 e. The first kappa shape index (κ1) is 17.2. The van der Waals surface area contributed by atoms with E-state index in [-0.39, 0.29) is 5.82 Å². The van der Waals surface area contributed by atoms with Gasteiger partial charge in [-0.25, -0.2) is 4.39 Å². The van der Waals surface area contributed by atoms with Gasteiger partial charge in [-0.3, -0.25) is 9.97 Å². The van der Waals surface area contributed by atoms with Gasteiger partial charge in [-0.05, 0) is 18.7 Å². The van der Waals surface area contributed by atoms with Gasteiger partial charge in [-0.1, -0.05) is 30.3 Å². The second kappa shape index (κ2) is 7.55. The summed E-state index contributed by atoms with van der Waals surface area (Å²) >= 11 is 0. The van der Waals surface area contributed by atoms with E-state index in [1.54, 1.807) is 12.4 Å². The van der Waals surface area contributed by atoms with Crippen molar-refractivity contribution in [3.63, 3.8) is 0 Å². The van der Waals surface area contributed by atoms with Crippen molar-refractivity contribution >= 4 is 11.0 Å². The number of aromatic nitrogens is 3. The molecule has 2 N–H and O–H groups in total. The number of hydrogen-bond acceptors (Lipinski definition) is 4. The number of nitrogens with one attached hydrogen (secondary N) is 2. The van der Waals surface area contributed by atoms with Crippen LogP contribution in [0, 0.1) is 5.82 Å². The Balaban J connectivity index is 1.92. The number of nitrogens with zero attached hydrogens (tertiary/aromatic N) is 2. The molecule has 0 aliphatic carbocycles. The number of benzene rings is 1. The molecule has 0 fully saturated rings. The van der Waals surface area contributed by atoms with Crippen LogP contribution in [0.3, 0.4) is 0 Å². The maximum atomic E-state index is 13.7. The van der Waals surface area contributed by atoms with Crippen LogP contribution in [0.1, 0.15) is 0 Å². The van der Waals surface area contributed by atoms with E-state index < -0.39 is 0 Å². The Morgan fingerprint density at radius 1 is 1.15 bits per heavy atom. The standard InChI is InChI=1S/C21H19FN4O/c1-23-9-10-27-18-13-24-8-7-16(18)20-19(14-5-3-2-4-6-14)21-17(26-20)11-15(22)12-25-21/h2-8,11-13,23,26H,9-10H2,1H3. The molecule has 0 aliphatic heterocycles. The molecular formula is C21H19FN4O. The molecule has 27 heavy (non-hydrogen) atoms. The molecule has 3 aromatic heterocycles. The summed E-state index contributed by atoms with van der Waals surface area (Å²) in [7, 11) is 1.87. The number of pyridine rings is 2. The predicted molar refractivity (Wildman–Crippen MR) is 104 cm³/mol. The lowest BCUT2D eigenvalue weighted by atomic mass is 10.0. The number of rotatable bonds is 6. The topological polar surface area (TPSA) is 62.8 Å². The molecule has 0 saturated carbocycles. The molecule has 1 aromatic carbocycles. The molecule has 136 valence electrons. The van der Waals surface area contributed by atoms with Gasteiger partial charge >= 0.3 is 0 Å². The minimum atomic E-state index is -0.380. The van der Waals surface area contributed by atoms with Crippen molar-refractivity contribution in [1.82, 2.24) is 20.3 Å². The van der Waals surface area contributed by atoms with E-state index in [0.29, 0.717) is 17.9 Å². The zero-order chi connectivity index (χ0) is 18.6. The Morgan fingerprint density at radius 2 is 2.00 bits per heavy atom. The van der Waals surface area contributed by atoms with Crippen LogP contribution < -0.4 is 10.1 Å². The monoisotopic (exact) mass is 362 g/mol. The summed E-state index contributed by atoms with van der Waals surface area (Å²) in [4.78, 5) is 11.8. The third kappa shape index (κ3) is 3.39. The molecule has 0 bridgehead atoms. The lowest BCUT2D eigenvalue weighted by molar-refractivity contribution is 0.318. The molecule has 3 heterocycles. The van der Waals surface area contributed by atoms with E-state index in [9.17, 15) is 4.39 Å². The van der Waals surface area contributed by atoms with E-state index in [1.807, 2.05) is 43.4 Å². The average Bonchev–Trinajstić information content (AvgIpc) is 3.07. The van der Waals surface area contributed by atoms with Crippen LogP contribution in [-0.2, 0) is 0 Å². The average molecular weight is 362 g/mol. The van der Waals surface area contributed by atoms with Crippen molar-refractivity contribution in [2.45, 2.75) is 0 Å². The fourth-order valence-corrected chi connectivity index (χ4v) is 3.10. The summed E-state index contributed by atoms with van der Waals surface area (Å²) in [5.74, 6) is 0.284. The van der Waals surface area contributed by atoms with Crippen molar-refractivity contribution in [3.8, 4) is 28.1 Å². The van der Waals surface area contributed by atoms with Gasteiger partial charge in [-0.15, -0.1) is 0 Å². The van der Waals surface area contributed by atoms with Gasteiger partial charge in [0.1, 0.15) is 18.2 Å². The summed E-state index contributed by atoms with van der Waals surface area (Å²) in [6.07, 6.45) is 4.65. The molecule has 4 aromatic rings. The highest BCUT2D eigenvalue weighted by molar-refractivity contribution is 6.02. The van der Waals surface area contributed by atoms with Crippen LogP contribution in [0.4, 0.5) is 4.39 Å². The lowest BCUT2D eigenvalue weighted by Gasteiger charge is -2.12. The maximum Gasteiger partial charge on any atom is 0.146 e. The normalized spacial score (nSPS) is 11.0. The number of aromatic amines is 1. The molecule has 4 rings (SSSR count). The minimum absolute atomic E-state index is 0.380. The zero-order valence-electron chi connectivity index (χ0n) is 14.9. The molecule has 0 aliphatic rings. The van der Waals surface area contributed by atoms with Gasteiger partial charge in [0.25, 0.3) is 0 Å². The van der Waals surface area contributed by atoms with Gasteiger partial charge in [0.05, 0.1) is 29.1 Å². The van der Waals surface area contributed by atoms with Crippen LogP contribution in [0.5, 0.6) is 5.75 Å². The van der Waals surface area contributed by atoms with Crippen LogP contribution in [-0.4, -0.2) is 35.2 Å². The van der Waals surface area contributed by atoms with E-state index in [2.05, 4.69) is 20.3 Å². The first-order valence-corrected chi connectivity index (χ1v) is 8.72. The maximum absolute atomic E-state index is 13.7. The van der Waals surface area contributed by atoms with Crippen molar-refractivity contribution in [2.75, 3.05) is 20.2 Å². The SMILES string of the molecule is CNCCOc1cnccc1-c1[nH]c2cc(F)cnc2c1-c1ccccc1. The molecular weight excluding hydrogens is 343 g/mol. The van der Waals surface area contributed by atoms with Crippen LogP contribution in [0.25, 0.3) is 33.4 Å². The number of ether oxygens (including phenoxy) is 1. The smallest absolute Gasteiger partial charge is 0.146 e. The van der Waals surface area contributed by atoms with Crippen molar-refractivity contribution < 1.29 is 9.13 Å². The lowest BCUT2D eigenvalue weighted by Crippen LogP contribution is -2.16. The number of hydrogen-bond donors (Lipinski definition) is 2. The predicted octanol–water partition coefficient (Wildman–Crippen LogP) is 4.03. The highest BCUT2D eigenvalue weighted by Gasteiger charge is 2.19. The number of H-pyrrole nitrogens is 1. The Hall–Kier alpha value is -3.25. The third-order valence-electron chi connectivity index (χ3n) is 4.33. The summed E-state index contributed by atoms with van der Waals surface area (Å²) in [6.45, 7) is 1.24.